The van der Waals surface area contributed by atoms with Crippen LogP contribution < -0.4 is 5.73 Å². The molecule has 0 saturated carbocycles. The average molecular weight is 351 g/mol. The summed E-state index contributed by atoms with van der Waals surface area (Å²) in [5.41, 5.74) is 9.12. The van der Waals surface area contributed by atoms with E-state index in [-0.39, 0.29) is 24.1 Å². The summed E-state index contributed by atoms with van der Waals surface area (Å²) < 4.78 is 0. The monoisotopic (exact) mass is 350 g/mol. The number of hydrogen-bond acceptors (Lipinski definition) is 3. The highest BCUT2D eigenvalue weighted by Gasteiger charge is 2.25. The van der Waals surface area contributed by atoms with Crippen molar-refractivity contribution in [2.75, 3.05) is 19.6 Å². The quantitative estimate of drug-likeness (QED) is 0.830. The molecule has 24 heavy (non-hydrogen) atoms. The van der Waals surface area contributed by atoms with Crippen molar-refractivity contribution < 1.29 is 9.59 Å². The highest BCUT2D eigenvalue weighted by molar-refractivity contribution is 5.98. The van der Waals surface area contributed by atoms with Crippen LogP contribution in [0.25, 0.3) is 0 Å². The molecule has 4 nitrogen and oxygen atoms in total. The number of Topliss-reactive ketones (excluding diaryl/α,β-unsaturated/α-hetero) is 1. The van der Waals surface area contributed by atoms with Gasteiger partial charge in [-0.1, -0.05) is 12.1 Å². The third-order valence-corrected chi connectivity index (χ3v) is 5.21. The first-order chi connectivity index (χ1) is 11.2. The van der Waals surface area contributed by atoms with Crippen molar-refractivity contribution in [3.63, 3.8) is 0 Å². The summed E-state index contributed by atoms with van der Waals surface area (Å²) in [5, 5.41) is 0. The Hall–Kier alpha value is -1.39. The molecule has 1 aromatic rings. The Balaban J connectivity index is 0.00000208. The molecule has 2 aliphatic rings. The number of amides is 1. The molecule has 1 aliphatic heterocycles. The van der Waals surface area contributed by atoms with E-state index in [1.165, 1.54) is 24.0 Å². The van der Waals surface area contributed by atoms with E-state index in [1.807, 2.05) is 17.0 Å². The molecule has 1 unspecified atom stereocenters. The summed E-state index contributed by atoms with van der Waals surface area (Å²) in [6.07, 6.45) is 6.26. The minimum atomic E-state index is 0. The maximum absolute atomic E-state index is 12.4. The van der Waals surface area contributed by atoms with Crippen LogP contribution in [-0.4, -0.2) is 36.2 Å². The number of ketones is 1. The van der Waals surface area contributed by atoms with Gasteiger partial charge in [-0.05, 0) is 61.8 Å². The predicted octanol–water partition coefficient (Wildman–Crippen LogP) is 2.76. The number of fused-ring (bicyclic) bond motifs is 1. The van der Waals surface area contributed by atoms with E-state index in [0.29, 0.717) is 25.3 Å². The number of benzene rings is 1. The topological polar surface area (TPSA) is 63.4 Å². The maximum Gasteiger partial charge on any atom is 0.223 e. The third-order valence-electron chi connectivity index (χ3n) is 5.21. The van der Waals surface area contributed by atoms with E-state index in [9.17, 15) is 9.59 Å². The van der Waals surface area contributed by atoms with Crippen LogP contribution in [0, 0.1) is 5.92 Å². The molecule has 0 radical (unpaired) electrons. The number of hydrogen-bond donors (Lipinski definition) is 1. The lowest BCUT2D eigenvalue weighted by atomic mass is 9.89. The van der Waals surface area contributed by atoms with E-state index >= 15 is 0 Å². The summed E-state index contributed by atoms with van der Waals surface area (Å²) in [4.78, 5) is 26.4. The maximum atomic E-state index is 12.4. The molecule has 1 heterocycles. The second-order valence-electron chi connectivity index (χ2n) is 6.84. The van der Waals surface area contributed by atoms with Crippen LogP contribution in [0.5, 0.6) is 0 Å². The highest BCUT2D eigenvalue weighted by atomic mass is 35.5. The summed E-state index contributed by atoms with van der Waals surface area (Å²) >= 11 is 0. The van der Waals surface area contributed by atoms with Gasteiger partial charge >= 0.3 is 0 Å². The van der Waals surface area contributed by atoms with Crippen LogP contribution >= 0.6 is 12.4 Å². The van der Waals surface area contributed by atoms with Gasteiger partial charge in [-0.25, -0.2) is 0 Å². The number of carbonyl (C=O) groups is 2. The zero-order chi connectivity index (χ0) is 16.2. The van der Waals surface area contributed by atoms with Crippen molar-refractivity contribution in [3.05, 3.63) is 34.9 Å². The lowest BCUT2D eigenvalue weighted by Gasteiger charge is -2.17. The third kappa shape index (κ3) is 4.37. The molecule has 1 amide bonds. The number of halogens is 1. The van der Waals surface area contributed by atoms with Gasteiger partial charge in [0.05, 0.1) is 0 Å². The lowest BCUT2D eigenvalue weighted by molar-refractivity contribution is -0.130. The zero-order valence-electron chi connectivity index (χ0n) is 14.1. The predicted molar refractivity (Wildman–Crippen MR) is 97.6 cm³/mol. The van der Waals surface area contributed by atoms with Gasteiger partial charge < -0.3 is 10.6 Å². The fourth-order valence-corrected chi connectivity index (χ4v) is 3.68. The van der Waals surface area contributed by atoms with Crippen LogP contribution in [0.3, 0.4) is 0 Å². The van der Waals surface area contributed by atoms with Gasteiger partial charge in [0.15, 0.2) is 5.78 Å². The molecule has 2 N–H and O–H groups in total. The van der Waals surface area contributed by atoms with Crippen LogP contribution in [0.4, 0.5) is 0 Å². The molecule has 0 spiro atoms. The van der Waals surface area contributed by atoms with Crippen molar-refractivity contribution in [1.29, 1.82) is 0 Å². The number of nitrogens with zero attached hydrogens (tertiary/aromatic N) is 1. The Morgan fingerprint density at radius 3 is 2.58 bits per heavy atom. The summed E-state index contributed by atoms with van der Waals surface area (Å²) in [5.74, 6) is 0.601. The van der Waals surface area contributed by atoms with Gasteiger partial charge in [0.2, 0.25) is 5.91 Å². The van der Waals surface area contributed by atoms with E-state index in [0.717, 1.165) is 37.9 Å². The molecule has 1 saturated heterocycles. The number of likely N-dealkylation sites (tertiary alicyclic amines) is 1. The molecule has 1 atom stereocenters. The SMILES string of the molecule is Cl.NCC1CCN(C(=O)CCC(=O)c2ccc3c(c2)CCCC3)C1. The van der Waals surface area contributed by atoms with Crippen LogP contribution in [0.15, 0.2) is 18.2 Å². The number of rotatable bonds is 5. The summed E-state index contributed by atoms with van der Waals surface area (Å²) in [7, 11) is 0. The Bertz CT molecular complexity index is 603. The van der Waals surface area contributed by atoms with E-state index in [4.69, 9.17) is 5.73 Å². The Labute approximate surface area is 150 Å². The smallest absolute Gasteiger partial charge is 0.223 e. The number of nitrogens with two attached hydrogens (primary N) is 1. The molecular weight excluding hydrogens is 324 g/mol. The van der Waals surface area contributed by atoms with E-state index in [2.05, 4.69) is 6.07 Å². The first-order valence-corrected chi connectivity index (χ1v) is 8.80. The number of aryl methyl sites for hydroxylation is 2. The Morgan fingerprint density at radius 2 is 1.88 bits per heavy atom. The number of carbonyl (C=O) groups excluding carboxylic acids is 2. The fraction of sp³-hybridized carbons (Fsp3) is 0.579. The summed E-state index contributed by atoms with van der Waals surface area (Å²) in [6.45, 7) is 2.17. The van der Waals surface area contributed by atoms with Crippen molar-refractivity contribution in [2.45, 2.75) is 44.9 Å². The molecule has 3 rings (SSSR count). The van der Waals surface area contributed by atoms with Crippen molar-refractivity contribution in [1.82, 2.24) is 4.90 Å². The molecular formula is C19H27ClN2O2. The van der Waals surface area contributed by atoms with Gasteiger partial charge in [0.25, 0.3) is 0 Å². The normalized spacial score (nSPS) is 19.5. The van der Waals surface area contributed by atoms with Gasteiger partial charge in [-0.3, -0.25) is 9.59 Å². The Morgan fingerprint density at radius 1 is 1.12 bits per heavy atom. The van der Waals surface area contributed by atoms with Gasteiger partial charge in [-0.2, -0.15) is 0 Å². The van der Waals surface area contributed by atoms with Crippen molar-refractivity contribution in [3.8, 4) is 0 Å². The second-order valence-corrected chi connectivity index (χ2v) is 6.84. The van der Waals surface area contributed by atoms with Gasteiger partial charge in [0, 0.05) is 31.5 Å². The van der Waals surface area contributed by atoms with Crippen LogP contribution in [0.1, 0.15) is 53.6 Å². The highest BCUT2D eigenvalue weighted by Crippen LogP contribution is 2.23. The zero-order valence-corrected chi connectivity index (χ0v) is 14.9. The van der Waals surface area contributed by atoms with E-state index < -0.39 is 0 Å². The Kier molecular flexibility index (Phi) is 6.81. The molecule has 1 aliphatic carbocycles. The van der Waals surface area contributed by atoms with Crippen molar-refractivity contribution >= 4 is 24.1 Å². The second kappa shape index (κ2) is 8.63. The first kappa shape index (κ1) is 18.9. The standard InChI is InChI=1S/C19H26N2O2.ClH/c20-12-14-9-10-21(13-14)19(23)8-7-18(22)17-6-5-15-3-1-2-4-16(15)11-17;/h5-6,11,14H,1-4,7-10,12-13,20H2;1H. The van der Waals surface area contributed by atoms with Gasteiger partial charge in [-0.15, -0.1) is 12.4 Å². The van der Waals surface area contributed by atoms with Crippen LogP contribution in [0.2, 0.25) is 0 Å². The van der Waals surface area contributed by atoms with Crippen LogP contribution in [-0.2, 0) is 17.6 Å². The molecule has 0 bridgehead atoms. The lowest BCUT2D eigenvalue weighted by Crippen LogP contribution is -2.30. The van der Waals surface area contributed by atoms with Gasteiger partial charge in [0.1, 0.15) is 0 Å². The molecule has 5 heteroatoms. The minimum Gasteiger partial charge on any atom is -0.342 e. The van der Waals surface area contributed by atoms with Crippen molar-refractivity contribution in [2.24, 2.45) is 11.7 Å². The first-order valence-electron chi connectivity index (χ1n) is 8.80. The molecule has 1 fully saturated rings. The largest absolute Gasteiger partial charge is 0.342 e. The summed E-state index contributed by atoms with van der Waals surface area (Å²) in [6, 6.07) is 6.06. The van der Waals surface area contributed by atoms with E-state index in [1.54, 1.807) is 0 Å². The molecule has 132 valence electrons. The molecule has 0 aromatic heterocycles. The minimum absolute atomic E-state index is 0. The molecule has 1 aromatic carbocycles. The average Bonchev–Trinajstić information content (AvgIpc) is 3.08. The fourth-order valence-electron chi connectivity index (χ4n) is 3.68.